The molecule has 0 aromatic carbocycles. The van der Waals surface area contributed by atoms with Gasteiger partial charge in [0.1, 0.15) is 12.6 Å². The van der Waals surface area contributed by atoms with Crippen LogP contribution in [0.4, 0.5) is 0 Å². The molecule has 2 aliphatic carbocycles. The van der Waals surface area contributed by atoms with Crippen molar-refractivity contribution in [2.75, 3.05) is 20.6 Å². The molecule has 0 bridgehead atoms. The van der Waals surface area contributed by atoms with E-state index in [1.54, 1.807) is 0 Å². The molecule has 0 aromatic rings. The van der Waals surface area contributed by atoms with E-state index in [1.807, 2.05) is 0 Å². The first-order valence-corrected chi connectivity index (χ1v) is 9.02. The maximum atomic E-state index is 12.2. The Balaban J connectivity index is 1.79. The zero-order chi connectivity index (χ0) is 15.3. The van der Waals surface area contributed by atoms with Crippen molar-refractivity contribution in [1.82, 2.24) is 0 Å². The highest BCUT2D eigenvalue weighted by Gasteiger charge is 2.33. The van der Waals surface area contributed by atoms with E-state index in [9.17, 15) is 4.79 Å². The number of likely N-dealkylation sites (N-methyl/N-ethyl adjacent to an activating group) is 1. The first-order chi connectivity index (χ1) is 9.99. The third-order valence-electron chi connectivity index (χ3n) is 5.55. The highest BCUT2D eigenvalue weighted by atomic mass is 16.5. The summed E-state index contributed by atoms with van der Waals surface area (Å²) in [6.07, 6.45) is 12.6. The van der Waals surface area contributed by atoms with E-state index in [4.69, 9.17) is 4.74 Å². The number of carbonyl (C=O) groups is 1. The quantitative estimate of drug-likeness (QED) is 0.568. The van der Waals surface area contributed by atoms with Crippen molar-refractivity contribution in [2.24, 2.45) is 5.92 Å². The zero-order valence-corrected chi connectivity index (χ0v) is 14.3. The lowest BCUT2D eigenvalue weighted by atomic mass is 9.89. The van der Waals surface area contributed by atoms with Gasteiger partial charge in [0.2, 0.25) is 0 Å². The predicted octanol–water partition coefficient (Wildman–Crippen LogP) is 3.91. The van der Waals surface area contributed by atoms with E-state index >= 15 is 0 Å². The van der Waals surface area contributed by atoms with Crippen LogP contribution in [-0.4, -0.2) is 43.2 Å². The molecule has 21 heavy (non-hydrogen) atoms. The van der Waals surface area contributed by atoms with Crippen molar-refractivity contribution in [2.45, 2.75) is 83.3 Å². The number of ether oxygens (including phenoxy) is 1. The third-order valence-corrected chi connectivity index (χ3v) is 5.55. The van der Waals surface area contributed by atoms with Crippen LogP contribution in [0.2, 0.25) is 0 Å². The lowest BCUT2D eigenvalue weighted by Gasteiger charge is -2.41. The summed E-state index contributed by atoms with van der Waals surface area (Å²) in [6, 6.07) is 0.745. The summed E-state index contributed by atoms with van der Waals surface area (Å²) in [5, 5.41) is 0. The van der Waals surface area contributed by atoms with Crippen LogP contribution in [0.5, 0.6) is 0 Å². The summed E-state index contributed by atoms with van der Waals surface area (Å²) < 4.78 is 6.76. The molecular weight excluding hydrogens is 262 g/mol. The second-order valence-corrected chi connectivity index (χ2v) is 7.84. The molecule has 3 heteroatoms. The molecule has 1 atom stereocenters. The minimum absolute atomic E-state index is 0.0383. The van der Waals surface area contributed by atoms with Gasteiger partial charge in [0, 0.05) is 0 Å². The summed E-state index contributed by atoms with van der Waals surface area (Å²) in [5.74, 6) is 0.234. The van der Waals surface area contributed by atoms with Gasteiger partial charge in [0.15, 0.2) is 0 Å². The van der Waals surface area contributed by atoms with Gasteiger partial charge in [0.25, 0.3) is 0 Å². The average Bonchev–Trinajstić information content (AvgIpc) is 2.48. The van der Waals surface area contributed by atoms with Crippen molar-refractivity contribution >= 4 is 5.97 Å². The van der Waals surface area contributed by atoms with Gasteiger partial charge in [-0.1, -0.05) is 25.7 Å². The van der Waals surface area contributed by atoms with E-state index in [-0.39, 0.29) is 18.0 Å². The standard InChI is InChI=1S/C18H34NO2/c1-15(21-18(20)16-10-6-4-7-11-16)14-19(2,3)17-12-8-5-9-13-17/h15-17H,4-14H2,1-3H3/q+1. The van der Waals surface area contributed by atoms with Crippen molar-refractivity contribution < 1.29 is 14.0 Å². The lowest BCUT2D eigenvalue weighted by Crippen LogP contribution is -2.53. The van der Waals surface area contributed by atoms with E-state index in [0.29, 0.717) is 0 Å². The molecule has 0 N–H and O–H groups in total. The van der Waals surface area contributed by atoms with Gasteiger partial charge in [-0.15, -0.1) is 0 Å². The summed E-state index contributed by atoms with van der Waals surface area (Å²) in [7, 11) is 4.61. The molecule has 0 heterocycles. The van der Waals surface area contributed by atoms with Crippen LogP contribution >= 0.6 is 0 Å². The Labute approximate surface area is 130 Å². The van der Waals surface area contributed by atoms with Crippen LogP contribution in [-0.2, 0) is 9.53 Å². The van der Waals surface area contributed by atoms with Crippen LogP contribution in [0.15, 0.2) is 0 Å². The van der Waals surface area contributed by atoms with Crippen molar-refractivity contribution in [1.29, 1.82) is 0 Å². The van der Waals surface area contributed by atoms with Gasteiger partial charge in [-0.25, -0.2) is 0 Å². The van der Waals surface area contributed by atoms with Gasteiger partial charge >= 0.3 is 5.97 Å². The normalized spacial score (nSPS) is 23.8. The van der Waals surface area contributed by atoms with Crippen LogP contribution in [0.3, 0.4) is 0 Å². The number of hydrogen-bond acceptors (Lipinski definition) is 2. The first kappa shape index (κ1) is 16.8. The van der Waals surface area contributed by atoms with Crippen LogP contribution < -0.4 is 0 Å². The Hall–Kier alpha value is -0.570. The number of carbonyl (C=O) groups excluding carboxylic acids is 1. The van der Waals surface area contributed by atoms with Gasteiger partial charge in [-0.2, -0.15) is 0 Å². The van der Waals surface area contributed by atoms with Gasteiger partial charge in [-0.3, -0.25) is 4.79 Å². The molecule has 2 fully saturated rings. The van der Waals surface area contributed by atoms with Crippen LogP contribution in [0.1, 0.15) is 71.1 Å². The summed E-state index contributed by atoms with van der Waals surface area (Å²) in [6.45, 7) is 3.02. The largest absolute Gasteiger partial charge is 0.456 e. The van der Waals surface area contributed by atoms with Gasteiger partial charge < -0.3 is 9.22 Å². The highest BCUT2D eigenvalue weighted by Crippen LogP contribution is 2.27. The molecule has 0 saturated heterocycles. The molecule has 0 radical (unpaired) electrons. The van der Waals surface area contributed by atoms with E-state index < -0.39 is 0 Å². The molecule has 2 aliphatic rings. The molecular formula is C18H34NO2+. The highest BCUT2D eigenvalue weighted by molar-refractivity contribution is 5.72. The molecule has 0 amide bonds. The van der Waals surface area contributed by atoms with Crippen molar-refractivity contribution in [3.05, 3.63) is 0 Å². The average molecular weight is 296 g/mol. The predicted molar refractivity (Wildman–Crippen MR) is 86.0 cm³/mol. The summed E-state index contributed by atoms with van der Waals surface area (Å²) in [4.78, 5) is 12.2. The molecule has 3 nitrogen and oxygen atoms in total. The van der Waals surface area contributed by atoms with E-state index in [1.165, 1.54) is 51.4 Å². The summed E-state index contributed by atoms with van der Waals surface area (Å²) in [5.41, 5.74) is 0. The molecule has 2 rings (SSSR count). The van der Waals surface area contributed by atoms with Crippen LogP contribution in [0, 0.1) is 5.92 Å². The molecule has 1 unspecified atom stereocenters. The first-order valence-electron chi connectivity index (χ1n) is 9.02. The van der Waals surface area contributed by atoms with Crippen LogP contribution in [0.25, 0.3) is 0 Å². The smallest absolute Gasteiger partial charge is 0.309 e. The maximum Gasteiger partial charge on any atom is 0.309 e. The number of quaternary nitrogens is 1. The fraction of sp³-hybridized carbons (Fsp3) is 0.944. The molecule has 122 valence electrons. The topological polar surface area (TPSA) is 26.3 Å². The van der Waals surface area contributed by atoms with Gasteiger partial charge in [-0.05, 0) is 45.4 Å². The second-order valence-electron chi connectivity index (χ2n) is 7.84. The Kier molecular flexibility index (Phi) is 6.09. The monoisotopic (exact) mass is 296 g/mol. The van der Waals surface area contributed by atoms with E-state index in [2.05, 4.69) is 21.0 Å². The Morgan fingerprint density at radius 2 is 1.52 bits per heavy atom. The third kappa shape index (κ3) is 4.98. The Morgan fingerprint density at radius 1 is 1.00 bits per heavy atom. The number of hydrogen-bond donors (Lipinski definition) is 0. The van der Waals surface area contributed by atoms with Crippen molar-refractivity contribution in [3.63, 3.8) is 0 Å². The fourth-order valence-electron chi connectivity index (χ4n) is 4.26. The minimum Gasteiger partial charge on any atom is -0.456 e. The molecule has 0 spiro atoms. The maximum absolute atomic E-state index is 12.2. The SMILES string of the molecule is CC(C[N+](C)(C)C1CCCCC1)OC(=O)C1CCCCC1. The number of rotatable bonds is 5. The number of nitrogens with zero attached hydrogens (tertiary/aromatic N) is 1. The summed E-state index contributed by atoms with van der Waals surface area (Å²) >= 11 is 0. The molecule has 0 aliphatic heterocycles. The van der Waals surface area contributed by atoms with Gasteiger partial charge in [0.05, 0.1) is 26.1 Å². The molecule has 2 saturated carbocycles. The zero-order valence-electron chi connectivity index (χ0n) is 14.3. The Bertz CT molecular complexity index is 328. The molecule has 0 aromatic heterocycles. The minimum atomic E-state index is 0.0383. The van der Waals surface area contributed by atoms with E-state index in [0.717, 1.165) is 29.9 Å². The Morgan fingerprint density at radius 3 is 2.10 bits per heavy atom. The lowest BCUT2D eigenvalue weighted by molar-refractivity contribution is -0.918. The second kappa shape index (κ2) is 7.62. The number of esters is 1. The van der Waals surface area contributed by atoms with Crippen molar-refractivity contribution in [3.8, 4) is 0 Å². The fourth-order valence-corrected chi connectivity index (χ4v) is 4.26.